The van der Waals surface area contributed by atoms with Crippen molar-refractivity contribution in [2.45, 2.75) is 19.4 Å². The molecule has 0 amide bonds. The molecule has 1 aromatic heterocycles. The first-order valence-electron chi connectivity index (χ1n) is 4.64. The Labute approximate surface area is 88.4 Å². The number of hydrogen-bond donors (Lipinski definition) is 2. The average molecular weight is 215 g/mol. The lowest BCUT2D eigenvalue weighted by molar-refractivity contribution is 0.544. The van der Waals surface area contributed by atoms with Crippen LogP contribution in [0.3, 0.4) is 0 Å². The Balaban J connectivity index is 2.44. The fourth-order valence-electron chi connectivity index (χ4n) is 1.15. The van der Waals surface area contributed by atoms with E-state index in [9.17, 15) is 0 Å². The smallest absolute Gasteiger partial charge is 0.138 e. The Bertz CT molecular complexity index is 262. The van der Waals surface area contributed by atoms with Crippen LogP contribution in [-0.4, -0.2) is 32.3 Å². The number of aromatic nitrogens is 3. The molecule has 0 aliphatic carbocycles. The molecule has 1 aromatic rings. The van der Waals surface area contributed by atoms with Crippen molar-refractivity contribution in [3.63, 3.8) is 0 Å². The van der Waals surface area contributed by atoms with Crippen molar-refractivity contribution >= 4 is 11.8 Å². The summed E-state index contributed by atoms with van der Waals surface area (Å²) < 4.78 is 1.78. The van der Waals surface area contributed by atoms with Gasteiger partial charge in [0.05, 0.1) is 0 Å². The van der Waals surface area contributed by atoms with Crippen LogP contribution in [0, 0.1) is 0 Å². The summed E-state index contributed by atoms with van der Waals surface area (Å²) in [6.45, 7) is 2.14. The second-order valence-corrected chi connectivity index (χ2v) is 4.35. The van der Waals surface area contributed by atoms with Crippen LogP contribution in [0.5, 0.6) is 0 Å². The molecule has 14 heavy (non-hydrogen) atoms. The van der Waals surface area contributed by atoms with Gasteiger partial charge in [0, 0.05) is 25.3 Å². The maximum atomic E-state index is 5.46. The first-order chi connectivity index (χ1) is 6.77. The molecule has 0 fully saturated rings. The molecule has 5 nitrogen and oxygen atoms in total. The van der Waals surface area contributed by atoms with E-state index in [1.165, 1.54) is 0 Å². The highest BCUT2D eigenvalue weighted by molar-refractivity contribution is 7.99. The van der Waals surface area contributed by atoms with E-state index >= 15 is 0 Å². The molecule has 1 atom stereocenters. The van der Waals surface area contributed by atoms with Gasteiger partial charge in [-0.15, -0.1) is 0 Å². The second kappa shape index (κ2) is 6.00. The second-order valence-electron chi connectivity index (χ2n) is 3.03. The molecule has 80 valence electrons. The van der Waals surface area contributed by atoms with E-state index in [-0.39, 0.29) is 6.04 Å². The summed E-state index contributed by atoms with van der Waals surface area (Å²) >= 11 is 1.87. The lowest BCUT2D eigenvalue weighted by Crippen LogP contribution is -2.39. The molecule has 0 aliphatic heterocycles. The van der Waals surface area contributed by atoms with Crippen molar-refractivity contribution in [2.75, 3.05) is 11.5 Å². The summed E-state index contributed by atoms with van der Waals surface area (Å²) in [6, 6.07) is 0.267. The maximum Gasteiger partial charge on any atom is 0.138 e. The third kappa shape index (κ3) is 3.28. The number of rotatable bonds is 6. The van der Waals surface area contributed by atoms with Crippen LogP contribution in [0.2, 0.25) is 0 Å². The van der Waals surface area contributed by atoms with Crippen LogP contribution in [0.1, 0.15) is 12.7 Å². The molecule has 0 aromatic carbocycles. The molecule has 0 radical (unpaired) electrons. The van der Waals surface area contributed by atoms with Crippen LogP contribution in [0.15, 0.2) is 6.33 Å². The SMILES string of the molecule is CCSCC(Cc1ncnn1C)NN. The van der Waals surface area contributed by atoms with Crippen LogP contribution in [-0.2, 0) is 13.5 Å². The van der Waals surface area contributed by atoms with Crippen LogP contribution < -0.4 is 11.3 Å². The van der Waals surface area contributed by atoms with Gasteiger partial charge in [0.1, 0.15) is 12.2 Å². The quantitative estimate of drug-likeness (QED) is 0.514. The lowest BCUT2D eigenvalue weighted by Gasteiger charge is -2.13. The van der Waals surface area contributed by atoms with Crippen molar-refractivity contribution in [3.8, 4) is 0 Å². The van der Waals surface area contributed by atoms with Gasteiger partial charge in [0.15, 0.2) is 0 Å². The molecule has 1 unspecified atom stereocenters. The topological polar surface area (TPSA) is 68.8 Å². The predicted molar refractivity (Wildman–Crippen MR) is 58.8 cm³/mol. The van der Waals surface area contributed by atoms with Crippen molar-refractivity contribution in [1.29, 1.82) is 0 Å². The van der Waals surface area contributed by atoms with Crippen molar-refractivity contribution in [1.82, 2.24) is 20.2 Å². The minimum Gasteiger partial charge on any atom is -0.271 e. The maximum absolute atomic E-state index is 5.46. The van der Waals surface area contributed by atoms with E-state index in [1.807, 2.05) is 18.8 Å². The summed E-state index contributed by atoms with van der Waals surface area (Å²) in [7, 11) is 1.89. The molecule has 0 saturated carbocycles. The number of hydrogen-bond acceptors (Lipinski definition) is 5. The van der Waals surface area contributed by atoms with E-state index in [0.29, 0.717) is 0 Å². The first kappa shape index (κ1) is 11.5. The largest absolute Gasteiger partial charge is 0.271 e. The third-order valence-corrected chi connectivity index (χ3v) is 3.04. The molecule has 3 N–H and O–H groups in total. The molecule has 0 aliphatic rings. The average Bonchev–Trinajstić information content (AvgIpc) is 2.59. The highest BCUT2D eigenvalue weighted by Gasteiger charge is 2.10. The van der Waals surface area contributed by atoms with Gasteiger partial charge < -0.3 is 0 Å². The van der Waals surface area contributed by atoms with Gasteiger partial charge >= 0.3 is 0 Å². The predicted octanol–water partition coefficient (Wildman–Crippen LogP) is -0.0574. The Hall–Kier alpha value is -0.590. The Morgan fingerprint density at radius 1 is 1.71 bits per heavy atom. The zero-order valence-electron chi connectivity index (χ0n) is 8.60. The van der Waals surface area contributed by atoms with Crippen LogP contribution in [0.4, 0.5) is 0 Å². The zero-order chi connectivity index (χ0) is 10.4. The standard InChI is InChI=1S/C8H17N5S/c1-3-14-5-7(12-9)4-8-10-6-11-13(8)2/h6-7,12H,3-5,9H2,1-2H3. The minimum atomic E-state index is 0.267. The summed E-state index contributed by atoms with van der Waals surface area (Å²) in [6.07, 6.45) is 2.38. The van der Waals surface area contributed by atoms with Crippen LogP contribution >= 0.6 is 11.8 Å². The minimum absolute atomic E-state index is 0.267. The molecule has 1 rings (SSSR count). The normalized spacial score (nSPS) is 13.1. The summed E-state index contributed by atoms with van der Waals surface area (Å²) in [5.74, 6) is 8.53. The van der Waals surface area contributed by atoms with Gasteiger partial charge in [0.25, 0.3) is 0 Å². The number of nitrogens with two attached hydrogens (primary N) is 1. The monoisotopic (exact) mass is 215 g/mol. The number of thioether (sulfide) groups is 1. The molecular formula is C8H17N5S. The fourth-order valence-corrected chi connectivity index (χ4v) is 1.89. The summed E-state index contributed by atoms with van der Waals surface area (Å²) in [4.78, 5) is 4.16. The van der Waals surface area contributed by atoms with Crippen molar-refractivity contribution < 1.29 is 0 Å². The Morgan fingerprint density at radius 2 is 2.50 bits per heavy atom. The fraction of sp³-hybridized carbons (Fsp3) is 0.750. The van der Waals surface area contributed by atoms with E-state index in [1.54, 1.807) is 11.0 Å². The Morgan fingerprint density at radius 3 is 3.00 bits per heavy atom. The number of hydrazine groups is 1. The molecule has 1 heterocycles. The van der Waals surface area contributed by atoms with Gasteiger partial charge in [-0.25, -0.2) is 4.98 Å². The van der Waals surface area contributed by atoms with Gasteiger partial charge in [-0.2, -0.15) is 16.9 Å². The first-order valence-corrected chi connectivity index (χ1v) is 5.80. The van der Waals surface area contributed by atoms with Gasteiger partial charge in [-0.3, -0.25) is 16.0 Å². The zero-order valence-corrected chi connectivity index (χ0v) is 9.42. The van der Waals surface area contributed by atoms with E-state index in [2.05, 4.69) is 22.4 Å². The summed E-state index contributed by atoms with van der Waals surface area (Å²) in [5, 5.41) is 4.01. The molecule has 0 saturated heterocycles. The van der Waals surface area contributed by atoms with Crippen molar-refractivity contribution in [3.05, 3.63) is 12.2 Å². The van der Waals surface area contributed by atoms with E-state index in [4.69, 9.17) is 5.84 Å². The molecule has 6 heteroatoms. The third-order valence-electron chi connectivity index (χ3n) is 1.99. The van der Waals surface area contributed by atoms with Gasteiger partial charge in [0.2, 0.25) is 0 Å². The number of nitrogens with one attached hydrogen (secondary N) is 1. The molecule has 0 spiro atoms. The van der Waals surface area contributed by atoms with Gasteiger partial charge in [-0.1, -0.05) is 6.92 Å². The van der Waals surface area contributed by atoms with E-state index < -0.39 is 0 Å². The molecule has 0 bridgehead atoms. The summed E-state index contributed by atoms with van der Waals surface area (Å²) in [5.41, 5.74) is 2.80. The van der Waals surface area contributed by atoms with E-state index in [0.717, 1.165) is 23.8 Å². The highest BCUT2D eigenvalue weighted by atomic mass is 32.2. The number of nitrogens with zero attached hydrogens (tertiary/aromatic N) is 3. The van der Waals surface area contributed by atoms with Gasteiger partial charge in [-0.05, 0) is 5.75 Å². The highest BCUT2D eigenvalue weighted by Crippen LogP contribution is 2.05. The van der Waals surface area contributed by atoms with Crippen LogP contribution in [0.25, 0.3) is 0 Å². The van der Waals surface area contributed by atoms with Crippen molar-refractivity contribution in [2.24, 2.45) is 12.9 Å². The lowest BCUT2D eigenvalue weighted by atomic mass is 10.2. The number of aryl methyl sites for hydroxylation is 1. The molecular weight excluding hydrogens is 198 g/mol. The Kier molecular flexibility index (Phi) is 4.92.